The van der Waals surface area contributed by atoms with Gasteiger partial charge in [-0.1, -0.05) is 29.3 Å². The first-order valence-electron chi connectivity index (χ1n) is 10.9. The molecule has 3 aromatic carbocycles. The second kappa shape index (κ2) is 13.3. The van der Waals surface area contributed by atoms with E-state index in [9.17, 15) is 14.9 Å². The van der Waals surface area contributed by atoms with E-state index < -0.39 is 11.9 Å². The fourth-order valence-electron chi connectivity index (χ4n) is 3.17. The number of rotatable bonds is 9. The van der Waals surface area contributed by atoms with Gasteiger partial charge in [-0.2, -0.15) is 5.26 Å². The van der Waals surface area contributed by atoms with Gasteiger partial charge >= 0.3 is 5.97 Å². The summed E-state index contributed by atoms with van der Waals surface area (Å²) in [5, 5.41) is 13.3. The number of hydrogen-bond acceptors (Lipinski definition) is 6. The van der Waals surface area contributed by atoms with Crippen LogP contribution in [-0.4, -0.2) is 25.6 Å². The molecule has 0 bridgehead atoms. The number of methoxy groups -OCH3 is 1. The molecule has 1 amide bonds. The Kier molecular flexibility index (Phi) is 10.2. The van der Waals surface area contributed by atoms with Crippen molar-refractivity contribution >= 4 is 69.4 Å². The third-order valence-corrected chi connectivity index (χ3v) is 6.36. The number of hydrogen-bond donors (Lipinski definition) is 1. The molecule has 0 saturated carbocycles. The van der Waals surface area contributed by atoms with Crippen molar-refractivity contribution in [2.45, 2.75) is 13.5 Å². The maximum Gasteiger partial charge on any atom is 0.338 e. The fourth-order valence-corrected chi connectivity index (χ4v) is 4.41. The van der Waals surface area contributed by atoms with Crippen LogP contribution in [0.3, 0.4) is 0 Å². The van der Waals surface area contributed by atoms with Gasteiger partial charge in [-0.25, -0.2) is 4.79 Å². The first-order valence-corrected chi connectivity index (χ1v) is 12.7. The maximum absolute atomic E-state index is 12.7. The lowest BCUT2D eigenvalue weighted by molar-refractivity contribution is -0.112. The molecule has 0 aromatic heterocycles. The molecule has 37 heavy (non-hydrogen) atoms. The van der Waals surface area contributed by atoms with E-state index in [0.29, 0.717) is 41.9 Å². The first-order chi connectivity index (χ1) is 17.7. The van der Waals surface area contributed by atoms with Crippen molar-refractivity contribution in [3.05, 3.63) is 90.5 Å². The molecule has 0 unspecified atom stereocenters. The monoisotopic (exact) mass is 650 g/mol. The van der Waals surface area contributed by atoms with Crippen molar-refractivity contribution in [3.8, 4) is 17.6 Å². The van der Waals surface area contributed by atoms with Crippen LogP contribution >= 0.6 is 45.8 Å². The smallest absolute Gasteiger partial charge is 0.338 e. The van der Waals surface area contributed by atoms with Crippen LogP contribution < -0.4 is 14.8 Å². The Hall–Kier alpha value is -3.26. The summed E-state index contributed by atoms with van der Waals surface area (Å²) >= 11 is 14.3. The molecule has 1 N–H and O–H groups in total. The van der Waals surface area contributed by atoms with Gasteiger partial charge in [0.25, 0.3) is 5.91 Å². The zero-order valence-corrected chi connectivity index (χ0v) is 23.5. The molecule has 0 spiro atoms. The quantitative estimate of drug-likeness (QED) is 0.117. The van der Waals surface area contributed by atoms with Crippen LogP contribution in [0.1, 0.15) is 28.4 Å². The third-order valence-electron chi connectivity index (χ3n) is 4.97. The zero-order chi connectivity index (χ0) is 26.9. The zero-order valence-electron chi connectivity index (χ0n) is 19.8. The van der Waals surface area contributed by atoms with Gasteiger partial charge in [0.2, 0.25) is 0 Å². The fraction of sp³-hybridized carbons (Fsp3) is 0.148. The van der Waals surface area contributed by atoms with Crippen LogP contribution in [-0.2, 0) is 16.1 Å². The molecule has 0 aliphatic rings. The molecule has 0 saturated heterocycles. The molecule has 0 fully saturated rings. The Morgan fingerprint density at radius 2 is 1.84 bits per heavy atom. The van der Waals surface area contributed by atoms with E-state index in [1.165, 1.54) is 25.3 Å². The standard InChI is InChI=1S/C27H21Cl2IN2O5/c1-3-36-27(34)17-5-8-21(9-6-17)32-26(33)19(14-31)10-16-11-23(30)25(24(12-16)35-2)37-15-18-4-7-20(28)13-22(18)29/h4-13H,3,15H2,1-2H3,(H,32,33)/b19-10+. The lowest BCUT2D eigenvalue weighted by atomic mass is 10.1. The van der Waals surface area contributed by atoms with Crippen molar-refractivity contribution in [1.82, 2.24) is 0 Å². The van der Waals surface area contributed by atoms with Crippen molar-refractivity contribution < 1.29 is 23.8 Å². The lowest BCUT2D eigenvalue weighted by Crippen LogP contribution is -2.13. The molecule has 0 radical (unpaired) electrons. The number of amides is 1. The minimum absolute atomic E-state index is 0.117. The largest absolute Gasteiger partial charge is 0.493 e. The number of benzene rings is 3. The van der Waals surface area contributed by atoms with Crippen LogP contribution in [0.4, 0.5) is 5.69 Å². The summed E-state index contributed by atoms with van der Waals surface area (Å²) in [6.45, 7) is 2.18. The molecular formula is C27H21Cl2IN2O5. The van der Waals surface area contributed by atoms with E-state index in [4.69, 9.17) is 37.4 Å². The number of carbonyl (C=O) groups excluding carboxylic acids is 2. The summed E-state index contributed by atoms with van der Waals surface area (Å²) in [7, 11) is 1.50. The van der Waals surface area contributed by atoms with Gasteiger partial charge in [0, 0.05) is 21.3 Å². The van der Waals surface area contributed by atoms with Crippen LogP contribution in [0.25, 0.3) is 6.08 Å². The highest BCUT2D eigenvalue weighted by molar-refractivity contribution is 14.1. The third kappa shape index (κ3) is 7.61. The van der Waals surface area contributed by atoms with Crippen LogP contribution in [0.2, 0.25) is 10.0 Å². The summed E-state index contributed by atoms with van der Waals surface area (Å²) in [4.78, 5) is 24.5. The van der Waals surface area contributed by atoms with E-state index in [-0.39, 0.29) is 18.8 Å². The van der Waals surface area contributed by atoms with Crippen molar-refractivity contribution in [1.29, 1.82) is 5.26 Å². The van der Waals surface area contributed by atoms with Gasteiger partial charge in [0.1, 0.15) is 18.2 Å². The minimum Gasteiger partial charge on any atom is -0.493 e. The Balaban J connectivity index is 1.77. The molecule has 0 aliphatic carbocycles. The number of anilines is 1. The van der Waals surface area contributed by atoms with E-state index in [0.717, 1.165) is 5.56 Å². The molecule has 10 heteroatoms. The Labute approximate surface area is 238 Å². The van der Waals surface area contributed by atoms with Crippen LogP contribution in [0.15, 0.2) is 60.2 Å². The van der Waals surface area contributed by atoms with E-state index in [1.807, 2.05) is 6.07 Å². The summed E-state index contributed by atoms with van der Waals surface area (Å²) in [5.74, 6) is -0.130. The second-order valence-electron chi connectivity index (χ2n) is 7.48. The predicted molar refractivity (Wildman–Crippen MR) is 151 cm³/mol. The van der Waals surface area contributed by atoms with Gasteiger partial charge in [-0.3, -0.25) is 4.79 Å². The minimum atomic E-state index is -0.599. The van der Waals surface area contributed by atoms with Crippen LogP contribution in [0, 0.1) is 14.9 Å². The highest BCUT2D eigenvalue weighted by Crippen LogP contribution is 2.36. The van der Waals surface area contributed by atoms with Crippen molar-refractivity contribution in [2.75, 3.05) is 19.0 Å². The van der Waals surface area contributed by atoms with Gasteiger partial charge in [0.15, 0.2) is 11.5 Å². The molecule has 7 nitrogen and oxygen atoms in total. The lowest BCUT2D eigenvalue weighted by Gasteiger charge is -2.14. The van der Waals surface area contributed by atoms with E-state index in [1.54, 1.807) is 49.4 Å². The van der Waals surface area contributed by atoms with E-state index in [2.05, 4.69) is 27.9 Å². The molecule has 190 valence electrons. The number of nitrogens with zero attached hydrogens (tertiary/aromatic N) is 1. The van der Waals surface area contributed by atoms with Gasteiger partial charge in [0.05, 0.1) is 22.9 Å². The number of esters is 1. The normalized spacial score (nSPS) is 10.9. The maximum atomic E-state index is 12.7. The SMILES string of the molecule is CCOC(=O)c1ccc(NC(=O)/C(C#N)=C/c2cc(I)c(OCc3ccc(Cl)cc3Cl)c(OC)c2)cc1. The Morgan fingerprint density at radius 1 is 1.11 bits per heavy atom. The summed E-state index contributed by atoms with van der Waals surface area (Å²) in [5.41, 5.74) is 2.00. The molecule has 0 heterocycles. The van der Waals surface area contributed by atoms with Gasteiger partial charge in [-0.05, 0) is 89.7 Å². The predicted octanol–water partition coefficient (Wildman–Crippen LogP) is 6.91. The number of halogens is 3. The highest BCUT2D eigenvalue weighted by atomic mass is 127. The molecule has 3 aromatic rings. The number of carbonyl (C=O) groups is 2. The summed E-state index contributed by atoms with van der Waals surface area (Å²) < 4.78 is 17.1. The topological polar surface area (TPSA) is 97.7 Å². The number of nitrogens with one attached hydrogen (secondary N) is 1. The van der Waals surface area contributed by atoms with Crippen LogP contribution in [0.5, 0.6) is 11.5 Å². The van der Waals surface area contributed by atoms with Gasteiger partial charge < -0.3 is 19.5 Å². The average molecular weight is 651 g/mol. The summed E-state index contributed by atoms with van der Waals surface area (Å²) in [6, 6.07) is 16.7. The molecule has 3 rings (SSSR count). The summed E-state index contributed by atoms with van der Waals surface area (Å²) in [6.07, 6.45) is 1.45. The average Bonchev–Trinajstić information content (AvgIpc) is 2.87. The van der Waals surface area contributed by atoms with Crippen molar-refractivity contribution in [3.63, 3.8) is 0 Å². The van der Waals surface area contributed by atoms with Gasteiger partial charge in [-0.15, -0.1) is 0 Å². The second-order valence-corrected chi connectivity index (χ2v) is 9.49. The number of nitriles is 1. The molecule has 0 aliphatic heterocycles. The number of ether oxygens (including phenoxy) is 3. The highest BCUT2D eigenvalue weighted by Gasteiger charge is 2.15. The Bertz CT molecular complexity index is 1380. The van der Waals surface area contributed by atoms with E-state index >= 15 is 0 Å². The first kappa shape index (κ1) is 28.3. The molecule has 0 atom stereocenters. The molecular weight excluding hydrogens is 630 g/mol. The van der Waals surface area contributed by atoms with Crippen molar-refractivity contribution in [2.24, 2.45) is 0 Å². The Morgan fingerprint density at radius 3 is 2.46 bits per heavy atom.